The lowest BCUT2D eigenvalue weighted by Crippen LogP contribution is -2.29. The predicted octanol–water partition coefficient (Wildman–Crippen LogP) is -0.113. The molecule has 5 N–H and O–H groups in total. The van der Waals surface area contributed by atoms with Gasteiger partial charge in [0.05, 0.1) is 0 Å². The van der Waals surface area contributed by atoms with Gasteiger partial charge in [-0.05, 0) is 44.7 Å². The largest absolute Gasteiger partial charge is 0.330 e. The number of hydrogen-bond acceptors (Lipinski definition) is 4. The summed E-state index contributed by atoms with van der Waals surface area (Å²) in [4.78, 5) is 17.6. The molecule has 0 spiro atoms. The molecule has 0 aliphatic carbocycles. The van der Waals surface area contributed by atoms with Crippen LogP contribution in [0.1, 0.15) is 19.8 Å². The quantitative estimate of drug-likeness (QED) is 0.276. The number of hydrogen-bond donors (Lipinski definition) is 4. The molecular weight excluding hydrogens is 211 g/mol. The van der Waals surface area contributed by atoms with E-state index >= 15 is 0 Å². The molecule has 0 fully saturated rings. The predicted molar refractivity (Wildman–Crippen MR) is 55.6 cm³/mol. The van der Waals surface area contributed by atoms with Crippen LogP contribution >= 0.6 is 6.72 Å². The lowest BCUT2D eigenvalue weighted by molar-refractivity contribution is 0.153. The van der Waals surface area contributed by atoms with E-state index in [9.17, 15) is 0 Å². The molecule has 0 radical (unpaired) electrons. The molecule has 5 nitrogen and oxygen atoms in total. The van der Waals surface area contributed by atoms with Gasteiger partial charge in [0.25, 0.3) is 0 Å². The summed E-state index contributed by atoms with van der Waals surface area (Å²) in [6.45, 7) is -0.463. The molecule has 1 atom stereocenters. The van der Waals surface area contributed by atoms with Gasteiger partial charge >= 0.3 is 6.72 Å². The average molecular weight is 228 g/mol. The Morgan fingerprint density at radius 3 is 2.62 bits per heavy atom. The molecule has 0 rings (SSSR count). The zero-order valence-corrected chi connectivity index (χ0v) is 9.35. The Kier molecular flexibility index (Phi) is 7.07. The smallest absolute Gasteiger partial charge is 0.323 e. The minimum atomic E-state index is -3.53. The molecule has 0 saturated carbocycles. The molecule has 13 heavy (non-hydrogen) atoms. The van der Waals surface area contributed by atoms with E-state index in [0.29, 0.717) is 6.54 Å². The normalized spacial score (nSPS) is 14.5. The summed E-state index contributed by atoms with van der Waals surface area (Å²) in [7, 11) is 0. The maximum absolute atomic E-state index is 8.79. The van der Waals surface area contributed by atoms with Gasteiger partial charge in [0.1, 0.15) is 6.23 Å². The molecule has 7 heteroatoms. The standard InChI is InChI=1S/C6H17N2O3PS/c1-6(11-12(9,10)13)8-5-3-2-4-7/h6,8H,2-5,7H2,1H3,(H2,9,10,13). The van der Waals surface area contributed by atoms with E-state index in [1.807, 2.05) is 0 Å². The molecule has 0 aliphatic rings. The molecule has 0 saturated heterocycles. The third-order valence-electron chi connectivity index (χ3n) is 1.36. The Hall–Kier alpha value is 0.450. The van der Waals surface area contributed by atoms with Crippen LogP contribution < -0.4 is 11.1 Å². The summed E-state index contributed by atoms with van der Waals surface area (Å²) >= 11 is 4.30. The summed E-state index contributed by atoms with van der Waals surface area (Å²) in [6, 6.07) is 0. The SMILES string of the molecule is CC(NCCCCN)OP(O)(O)=S. The fourth-order valence-electron chi connectivity index (χ4n) is 0.818. The molecule has 0 heterocycles. The van der Waals surface area contributed by atoms with Crippen LogP contribution in [0.15, 0.2) is 0 Å². The number of unbranched alkanes of at least 4 members (excludes halogenated alkanes) is 1. The van der Waals surface area contributed by atoms with Crippen LogP contribution in [0.2, 0.25) is 0 Å². The van der Waals surface area contributed by atoms with Gasteiger partial charge in [0.2, 0.25) is 0 Å². The Balaban J connectivity index is 3.41. The molecule has 0 amide bonds. The zero-order chi connectivity index (χ0) is 10.3. The number of nitrogens with one attached hydrogen (secondary N) is 1. The molecule has 0 aromatic carbocycles. The van der Waals surface area contributed by atoms with E-state index in [0.717, 1.165) is 19.4 Å². The van der Waals surface area contributed by atoms with Gasteiger partial charge in [0.15, 0.2) is 0 Å². The minimum Gasteiger partial charge on any atom is -0.330 e. The van der Waals surface area contributed by atoms with Crippen molar-refractivity contribution in [3.8, 4) is 0 Å². The van der Waals surface area contributed by atoms with Crippen molar-refractivity contribution in [2.75, 3.05) is 13.1 Å². The first-order valence-electron chi connectivity index (χ1n) is 4.13. The van der Waals surface area contributed by atoms with E-state index < -0.39 is 12.9 Å². The molecule has 1 unspecified atom stereocenters. The van der Waals surface area contributed by atoms with Crippen molar-refractivity contribution in [1.82, 2.24) is 5.32 Å². The highest BCUT2D eigenvalue weighted by molar-refractivity contribution is 8.06. The molecule has 0 aromatic rings. The van der Waals surface area contributed by atoms with Crippen molar-refractivity contribution in [2.24, 2.45) is 5.73 Å². The lowest BCUT2D eigenvalue weighted by Gasteiger charge is -2.16. The monoisotopic (exact) mass is 228 g/mol. The highest BCUT2D eigenvalue weighted by Crippen LogP contribution is 2.37. The van der Waals surface area contributed by atoms with Crippen LogP contribution in [0.5, 0.6) is 0 Å². The van der Waals surface area contributed by atoms with E-state index in [2.05, 4.69) is 17.1 Å². The third kappa shape index (κ3) is 10.4. The summed E-state index contributed by atoms with van der Waals surface area (Å²) in [5, 5.41) is 2.94. The van der Waals surface area contributed by atoms with Gasteiger partial charge in [0, 0.05) is 0 Å². The Morgan fingerprint density at radius 1 is 1.54 bits per heavy atom. The molecule has 80 valence electrons. The van der Waals surface area contributed by atoms with Gasteiger partial charge in [-0.25, -0.2) is 0 Å². The highest BCUT2D eigenvalue weighted by atomic mass is 32.5. The lowest BCUT2D eigenvalue weighted by atomic mass is 10.3. The summed E-state index contributed by atoms with van der Waals surface area (Å²) in [5.74, 6) is 0. The minimum absolute atomic E-state index is 0.432. The van der Waals surface area contributed by atoms with Gasteiger partial charge in [-0.1, -0.05) is 0 Å². The molecule has 0 aromatic heterocycles. The fourth-order valence-corrected chi connectivity index (χ4v) is 1.69. The Bertz CT molecular complexity index is 175. The van der Waals surface area contributed by atoms with Crippen molar-refractivity contribution in [1.29, 1.82) is 0 Å². The highest BCUT2D eigenvalue weighted by Gasteiger charge is 2.12. The van der Waals surface area contributed by atoms with Crippen molar-refractivity contribution in [2.45, 2.75) is 26.0 Å². The van der Waals surface area contributed by atoms with E-state index in [-0.39, 0.29) is 0 Å². The van der Waals surface area contributed by atoms with E-state index in [1.54, 1.807) is 6.92 Å². The molecule has 0 aliphatic heterocycles. The van der Waals surface area contributed by atoms with Gasteiger partial charge in [-0.2, -0.15) is 0 Å². The number of rotatable bonds is 7. The average Bonchev–Trinajstić information content (AvgIpc) is 1.94. The van der Waals surface area contributed by atoms with Gasteiger partial charge < -0.3 is 15.5 Å². The Labute approximate surface area is 83.5 Å². The molecular formula is C6H17N2O3PS. The fraction of sp³-hybridized carbons (Fsp3) is 1.00. The second kappa shape index (κ2) is 6.84. The summed E-state index contributed by atoms with van der Waals surface area (Å²) < 4.78 is 4.71. The van der Waals surface area contributed by atoms with E-state index in [4.69, 9.17) is 20.0 Å². The third-order valence-corrected chi connectivity index (χ3v) is 2.21. The first-order valence-corrected chi connectivity index (χ1v) is 6.75. The van der Waals surface area contributed by atoms with Gasteiger partial charge in [-0.15, -0.1) is 0 Å². The summed E-state index contributed by atoms with van der Waals surface area (Å²) in [6.07, 6.45) is 1.44. The van der Waals surface area contributed by atoms with Crippen molar-refractivity contribution < 1.29 is 14.3 Å². The van der Waals surface area contributed by atoms with Crippen molar-refractivity contribution in [3.63, 3.8) is 0 Å². The second-order valence-corrected chi connectivity index (χ2v) is 5.31. The van der Waals surface area contributed by atoms with E-state index in [1.165, 1.54) is 0 Å². The van der Waals surface area contributed by atoms with Crippen LogP contribution in [0.25, 0.3) is 0 Å². The second-order valence-electron chi connectivity index (χ2n) is 2.69. The topological polar surface area (TPSA) is 87.7 Å². The maximum Gasteiger partial charge on any atom is 0.323 e. The van der Waals surface area contributed by atoms with Crippen LogP contribution in [0.4, 0.5) is 0 Å². The maximum atomic E-state index is 8.79. The number of nitrogens with two attached hydrogens (primary N) is 1. The zero-order valence-electron chi connectivity index (χ0n) is 7.64. The van der Waals surface area contributed by atoms with Gasteiger partial charge in [-0.3, -0.25) is 9.84 Å². The van der Waals surface area contributed by atoms with Crippen LogP contribution in [0, 0.1) is 0 Å². The Morgan fingerprint density at radius 2 is 2.15 bits per heavy atom. The van der Waals surface area contributed by atoms with Crippen molar-refractivity contribution in [3.05, 3.63) is 0 Å². The first kappa shape index (κ1) is 13.4. The van der Waals surface area contributed by atoms with Crippen LogP contribution in [-0.2, 0) is 16.3 Å². The van der Waals surface area contributed by atoms with Crippen LogP contribution in [-0.4, -0.2) is 29.1 Å². The molecule has 0 bridgehead atoms. The first-order chi connectivity index (χ1) is 5.95. The van der Waals surface area contributed by atoms with Crippen LogP contribution in [0.3, 0.4) is 0 Å². The summed E-state index contributed by atoms with van der Waals surface area (Å²) in [5.41, 5.74) is 5.30. The van der Waals surface area contributed by atoms with Crippen molar-refractivity contribution >= 4 is 18.5 Å².